The standard InChI is InChI=1S/C27H26ClN5O2/c1-27(2,35)26-31-14-19(15-32-26)18-8-9-23-21(12-18)25(22(28)16-29-23)30-13-17-5-3-6-20(11-17)33-10-4-7-24(33)34/h3,5-6,8-9,11-12,14-16,35H,4,7,10,13H2,1-2H3,(H,29,30). The lowest BCUT2D eigenvalue weighted by Gasteiger charge is -2.17. The molecule has 0 spiro atoms. The molecule has 1 fully saturated rings. The van der Waals surface area contributed by atoms with Gasteiger partial charge >= 0.3 is 0 Å². The number of pyridine rings is 1. The molecule has 2 aromatic heterocycles. The summed E-state index contributed by atoms with van der Waals surface area (Å²) in [5, 5.41) is 15.0. The lowest BCUT2D eigenvalue weighted by Crippen LogP contribution is -2.23. The minimum absolute atomic E-state index is 0.172. The van der Waals surface area contributed by atoms with Crippen LogP contribution in [0.4, 0.5) is 11.4 Å². The number of hydrogen-bond acceptors (Lipinski definition) is 6. The summed E-state index contributed by atoms with van der Waals surface area (Å²) in [5.74, 6) is 0.539. The molecule has 1 aliphatic heterocycles. The van der Waals surface area contributed by atoms with Gasteiger partial charge < -0.3 is 15.3 Å². The van der Waals surface area contributed by atoms with Gasteiger partial charge in [-0.05, 0) is 55.7 Å². The fourth-order valence-electron chi connectivity index (χ4n) is 4.27. The molecule has 0 atom stereocenters. The molecule has 1 aliphatic rings. The number of fused-ring (bicyclic) bond motifs is 1. The number of halogens is 1. The Kier molecular flexibility index (Phi) is 6.13. The Labute approximate surface area is 208 Å². The van der Waals surface area contributed by atoms with Gasteiger partial charge in [0.15, 0.2) is 5.82 Å². The number of carbonyl (C=O) groups excluding carboxylic acids is 1. The zero-order valence-corrected chi connectivity index (χ0v) is 20.4. The number of aromatic nitrogens is 3. The first kappa shape index (κ1) is 23.2. The van der Waals surface area contributed by atoms with E-state index >= 15 is 0 Å². The van der Waals surface area contributed by atoms with Crippen LogP contribution >= 0.6 is 11.6 Å². The van der Waals surface area contributed by atoms with Gasteiger partial charge in [-0.3, -0.25) is 9.78 Å². The Balaban J connectivity index is 1.43. The van der Waals surface area contributed by atoms with Gasteiger partial charge in [0.25, 0.3) is 0 Å². The monoisotopic (exact) mass is 487 g/mol. The molecule has 8 heteroatoms. The van der Waals surface area contributed by atoms with Crippen molar-refractivity contribution in [1.29, 1.82) is 0 Å². The second kappa shape index (κ2) is 9.24. The molecule has 0 unspecified atom stereocenters. The fraction of sp³-hybridized carbons (Fsp3) is 0.259. The van der Waals surface area contributed by atoms with Crippen molar-refractivity contribution < 1.29 is 9.90 Å². The Hall–Kier alpha value is -3.55. The van der Waals surface area contributed by atoms with Gasteiger partial charge in [0.2, 0.25) is 5.91 Å². The number of nitrogens with zero attached hydrogens (tertiary/aromatic N) is 4. The molecular weight excluding hydrogens is 462 g/mol. The van der Waals surface area contributed by atoms with E-state index in [1.54, 1.807) is 32.4 Å². The molecule has 3 heterocycles. The van der Waals surface area contributed by atoms with E-state index in [4.69, 9.17) is 11.6 Å². The molecule has 2 N–H and O–H groups in total. The Morgan fingerprint density at radius 2 is 1.86 bits per heavy atom. The second-order valence-corrected chi connectivity index (χ2v) is 9.65. The van der Waals surface area contributed by atoms with E-state index in [2.05, 4.69) is 20.3 Å². The lowest BCUT2D eigenvalue weighted by molar-refractivity contribution is -0.117. The molecule has 178 valence electrons. The van der Waals surface area contributed by atoms with Gasteiger partial charge in [0, 0.05) is 54.7 Å². The van der Waals surface area contributed by atoms with Crippen molar-refractivity contribution in [2.45, 2.75) is 38.8 Å². The highest BCUT2D eigenvalue weighted by atomic mass is 35.5. The number of amides is 1. The SMILES string of the molecule is CC(C)(O)c1ncc(-c2ccc3ncc(Cl)c(NCc4cccc(N5CCCC5=O)c4)c3c2)cn1. The van der Waals surface area contributed by atoms with Crippen molar-refractivity contribution in [3.05, 3.63) is 77.5 Å². The van der Waals surface area contributed by atoms with Gasteiger partial charge in [-0.15, -0.1) is 0 Å². The van der Waals surface area contributed by atoms with Crippen molar-refractivity contribution in [2.24, 2.45) is 0 Å². The molecule has 5 rings (SSSR count). The summed E-state index contributed by atoms with van der Waals surface area (Å²) in [7, 11) is 0. The molecular formula is C27H26ClN5O2. The lowest BCUT2D eigenvalue weighted by atomic mass is 10.0. The van der Waals surface area contributed by atoms with E-state index in [1.165, 1.54) is 0 Å². The summed E-state index contributed by atoms with van der Waals surface area (Å²) in [4.78, 5) is 27.1. The molecule has 0 radical (unpaired) electrons. The van der Waals surface area contributed by atoms with Gasteiger partial charge in [-0.2, -0.15) is 0 Å². The predicted molar refractivity (Wildman–Crippen MR) is 138 cm³/mol. The first-order valence-corrected chi connectivity index (χ1v) is 11.9. The molecule has 2 aromatic carbocycles. The van der Waals surface area contributed by atoms with Crippen LogP contribution in [0.2, 0.25) is 5.02 Å². The van der Waals surface area contributed by atoms with E-state index in [0.29, 0.717) is 23.8 Å². The zero-order chi connectivity index (χ0) is 24.6. The summed E-state index contributed by atoms with van der Waals surface area (Å²) < 4.78 is 0. The number of hydrogen-bond donors (Lipinski definition) is 2. The molecule has 1 amide bonds. The molecule has 0 bridgehead atoms. The van der Waals surface area contributed by atoms with Crippen LogP contribution in [-0.4, -0.2) is 32.5 Å². The first-order chi connectivity index (χ1) is 16.8. The van der Waals surface area contributed by atoms with Gasteiger partial charge in [0.1, 0.15) is 5.60 Å². The number of nitrogens with one attached hydrogen (secondary N) is 1. The number of aliphatic hydroxyl groups is 1. The third-order valence-electron chi connectivity index (χ3n) is 6.12. The highest BCUT2D eigenvalue weighted by Gasteiger charge is 2.22. The summed E-state index contributed by atoms with van der Waals surface area (Å²) in [6, 6.07) is 13.9. The van der Waals surface area contributed by atoms with Crippen LogP contribution < -0.4 is 10.2 Å². The minimum Gasteiger partial charge on any atom is -0.382 e. The van der Waals surface area contributed by atoms with Crippen molar-refractivity contribution in [1.82, 2.24) is 15.0 Å². The summed E-state index contributed by atoms with van der Waals surface area (Å²) in [6.07, 6.45) is 6.56. The molecule has 7 nitrogen and oxygen atoms in total. The third kappa shape index (κ3) is 4.83. The van der Waals surface area contributed by atoms with Crippen molar-refractivity contribution >= 4 is 39.8 Å². The van der Waals surface area contributed by atoms with Crippen molar-refractivity contribution in [3.63, 3.8) is 0 Å². The highest BCUT2D eigenvalue weighted by molar-refractivity contribution is 6.34. The number of benzene rings is 2. The van der Waals surface area contributed by atoms with Gasteiger partial charge in [-0.1, -0.05) is 29.8 Å². The Bertz CT molecular complexity index is 1400. The van der Waals surface area contributed by atoms with E-state index in [1.807, 2.05) is 47.4 Å². The maximum atomic E-state index is 12.1. The first-order valence-electron chi connectivity index (χ1n) is 11.6. The van der Waals surface area contributed by atoms with Gasteiger partial charge in [0.05, 0.1) is 16.2 Å². The Morgan fingerprint density at radius 3 is 2.57 bits per heavy atom. The van der Waals surface area contributed by atoms with Crippen LogP contribution in [0.1, 0.15) is 38.1 Å². The average Bonchev–Trinajstić information content (AvgIpc) is 3.28. The third-order valence-corrected chi connectivity index (χ3v) is 6.41. The maximum Gasteiger partial charge on any atom is 0.227 e. The average molecular weight is 488 g/mol. The van der Waals surface area contributed by atoms with Crippen LogP contribution in [0.15, 0.2) is 61.1 Å². The maximum absolute atomic E-state index is 12.1. The largest absolute Gasteiger partial charge is 0.382 e. The number of rotatable bonds is 6. The van der Waals surface area contributed by atoms with E-state index in [0.717, 1.165) is 51.9 Å². The number of anilines is 2. The van der Waals surface area contributed by atoms with Crippen LogP contribution in [0.3, 0.4) is 0 Å². The molecule has 35 heavy (non-hydrogen) atoms. The summed E-state index contributed by atoms with van der Waals surface area (Å²) in [6.45, 7) is 4.62. The fourth-order valence-corrected chi connectivity index (χ4v) is 4.48. The zero-order valence-electron chi connectivity index (χ0n) is 19.6. The Morgan fingerprint density at radius 1 is 1.06 bits per heavy atom. The van der Waals surface area contributed by atoms with E-state index < -0.39 is 5.60 Å². The number of carbonyl (C=O) groups is 1. The van der Waals surface area contributed by atoms with Crippen LogP contribution in [0, 0.1) is 0 Å². The van der Waals surface area contributed by atoms with E-state index in [9.17, 15) is 9.90 Å². The quantitative estimate of drug-likeness (QED) is 0.383. The topological polar surface area (TPSA) is 91.2 Å². The predicted octanol–water partition coefficient (Wildman–Crippen LogP) is 5.31. The van der Waals surface area contributed by atoms with Crippen molar-refractivity contribution in [2.75, 3.05) is 16.8 Å². The van der Waals surface area contributed by atoms with Gasteiger partial charge in [-0.25, -0.2) is 9.97 Å². The van der Waals surface area contributed by atoms with Crippen LogP contribution in [0.5, 0.6) is 0 Å². The molecule has 1 saturated heterocycles. The van der Waals surface area contributed by atoms with E-state index in [-0.39, 0.29) is 5.91 Å². The van der Waals surface area contributed by atoms with Crippen LogP contribution in [0.25, 0.3) is 22.0 Å². The summed E-state index contributed by atoms with van der Waals surface area (Å²) in [5.41, 5.74) is 4.22. The smallest absolute Gasteiger partial charge is 0.227 e. The second-order valence-electron chi connectivity index (χ2n) is 9.24. The molecule has 4 aromatic rings. The normalized spacial score (nSPS) is 14.1. The molecule has 0 aliphatic carbocycles. The van der Waals surface area contributed by atoms with Crippen molar-refractivity contribution in [3.8, 4) is 11.1 Å². The van der Waals surface area contributed by atoms with Crippen LogP contribution in [-0.2, 0) is 16.9 Å². The summed E-state index contributed by atoms with van der Waals surface area (Å²) >= 11 is 6.56. The minimum atomic E-state index is -1.10. The molecule has 0 saturated carbocycles. The highest BCUT2D eigenvalue weighted by Crippen LogP contribution is 2.33.